The van der Waals surface area contributed by atoms with Crippen LogP contribution >= 0.6 is 0 Å². The first-order valence-corrected chi connectivity index (χ1v) is 6.76. The van der Waals surface area contributed by atoms with Crippen LogP contribution in [0.4, 0.5) is 0 Å². The summed E-state index contributed by atoms with van der Waals surface area (Å²) in [6.45, 7) is 3.17. The average molecular weight is 266 g/mol. The summed E-state index contributed by atoms with van der Waals surface area (Å²) in [5, 5.41) is 0. The predicted octanol–water partition coefficient (Wildman–Crippen LogP) is 3.88. The van der Waals surface area contributed by atoms with Crippen LogP contribution in [-0.4, -0.2) is 11.6 Å². The van der Waals surface area contributed by atoms with E-state index in [0.717, 1.165) is 35.1 Å². The maximum atomic E-state index is 11.6. The van der Waals surface area contributed by atoms with E-state index in [1.807, 2.05) is 48.5 Å². The number of Topliss-reactive ketones (excluding diaryl/α,β-unsaturated/α-hetero) is 2. The van der Waals surface area contributed by atoms with Gasteiger partial charge >= 0.3 is 0 Å². The quantitative estimate of drug-likeness (QED) is 0.770. The molecular weight excluding hydrogens is 248 g/mol. The van der Waals surface area contributed by atoms with Gasteiger partial charge in [-0.1, -0.05) is 42.5 Å². The summed E-state index contributed by atoms with van der Waals surface area (Å²) in [5.74, 6) is 0.175. The molecule has 0 atom stereocenters. The van der Waals surface area contributed by atoms with E-state index in [4.69, 9.17) is 0 Å². The van der Waals surface area contributed by atoms with Crippen LogP contribution in [0.15, 0.2) is 48.5 Å². The van der Waals surface area contributed by atoms with Crippen LogP contribution in [0.3, 0.4) is 0 Å². The molecule has 102 valence electrons. The van der Waals surface area contributed by atoms with E-state index in [-0.39, 0.29) is 11.6 Å². The summed E-state index contributed by atoms with van der Waals surface area (Å²) in [6.07, 6.45) is 1.63. The first kappa shape index (κ1) is 14.2. The predicted molar refractivity (Wildman–Crippen MR) is 80.3 cm³/mol. The van der Waals surface area contributed by atoms with Gasteiger partial charge in [0, 0.05) is 11.1 Å². The Balaban J connectivity index is 2.15. The van der Waals surface area contributed by atoms with Gasteiger partial charge in [0.2, 0.25) is 0 Å². The first-order chi connectivity index (χ1) is 9.58. The highest BCUT2D eigenvalue weighted by Crippen LogP contribution is 2.14. The maximum absolute atomic E-state index is 11.6. The second kappa shape index (κ2) is 6.29. The number of aryl methyl sites for hydroxylation is 2. The molecule has 2 nitrogen and oxygen atoms in total. The second-order valence-electron chi connectivity index (χ2n) is 4.97. The molecule has 0 bridgehead atoms. The first-order valence-electron chi connectivity index (χ1n) is 6.76. The molecule has 0 spiro atoms. The van der Waals surface area contributed by atoms with Crippen molar-refractivity contribution in [3.8, 4) is 0 Å². The Kier molecular flexibility index (Phi) is 4.46. The van der Waals surface area contributed by atoms with E-state index in [9.17, 15) is 9.59 Å². The van der Waals surface area contributed by atoms with Crippen molar-refractivity contribution >= 4 is 11.6 Å². The van der Waals surface area contributed by atoms with Crippen LogP contribution in [-0.2, 0) is 12.8 Å². The molecule has 0 radical (unpaired) electrons. The molecule has 0 unspecified atom stereocenters. The van der Waals surface area contributed by atoms with Gasteiger partial charge in [-0.2, -0.15) is 0 Å². The maximum Gasteiger partial charge on any atom is 0.160 e. The van der Waals surface area contributed by atoms with Crippen LogP contribution in [0.25, 0.3) is 0 Å². The van der Waals surface area contributed by atoms with Crippen LogP contribution < -0.4 is 0 Å². The van der Waals surface area contributed by atoms with Gasteiger partial charge in [0.25, 0.3) is 0 Å². The summed E-state index contributed by atoms with van der Waals surface area (Å²) in [4.78, 5) is 22.9. The molecule has 2 aromatic carbocycles. The molecular formula is C18H18O2. The van der Waals surface area contributed by atoms with Crippen molar-refractivity contribution < 1.29 is 9.59 Å². The Bertz CT molecular complexity index is 641. The molecule has 20 heavy (non-hydrogen) atoms. The summed E-state index contributed by atoms with van der Waals surface area (Å²) >= 11 is 0. The molecule has 2 heteroatoms. The number of benzene rings is 2. The van der Waals surface area contributed by atoms with Gasteiger partial charge in [0.1, 0.15) is 0 Å². The molecule has 0 aromatic heterocycles. The third-order valence-corrected chi connectivity index (χ3v) is 3.41. The zero-order chi connectivity index (χ0) is 14.5. The van der Waals surface area contributed by atoms with Gasteiger partial charge in [0.05, 0.1) is 0 Å². The molecule has 0 aliphatic heterocycles. The van der Waals surface area contributed by atoms with E-state index in [1.54, 1.807) is 13.8 Å². The third kappa shape index (κ3) is 3.41. The van der Waals surface area contributed by atoms with Crippen LogP contribution in [0.1, 0.15) is 45.7 Å². The standard InChI is InChI=1S/C18H18O2/c1-13(19)17-8-5-6-15(12-17)10-11-16-7-3-4-9-18(16)14(2)20/h3-9,12H,10-11H2,1-2H3. The molecule has 0 N–H and O–H groups in total. The van der Waals surface area contributed by atoms with E-state index in [2.05, 4.69) is 0 Å². The molecule has 0 aliphatic carbocycles. The van der Waals surface area contributed by atoms with Gasteiger partial charge < -0.3 is 0 Å². The summed E-state index contributed by atoms with van der Waals surface area (Å²) in [7, 11) is 0. The lowest BCUT2D eigenvalue weighted by Gasteiger charge is -2.07. The van der Waals surface area contributed by atoms with E-state index < -0.39 is 0 Å². The van der Waals surface area contributed by atoms with Crippen molar-refractivity contribution in [1.29, 1.82) is 0 Å². The molecule has 2 rings (SSSR count). The van der Waals surface area contributed by atoms with Crippen LogP contribution in [0, 0.1) is 0 Å². The Morgan fingerprint density at radius 3 is 2.30 bits per heavy atom. The lowest BCUT2D eigenvalue weighted by atomic mass is 9.97. The van der Waals surface area contributed by atoms with Crippen LogP contribution in [0.2, 0.25) is 0 Å². The molecule has 0 saturated heterocycles. The minimum atomic E-state index is 0.0796. The van der Waals surface area contributed by atoms with Gasteiger partial charge in [-0.05, 0) is 43.9 Å². The van der Waals surface area contributed by atoms with Gasteiger partial charge in [-0.15, -0.1) is 0 Å². The van der Waals surface area contributed by atoms with Crippen molar-refractivity contribution in [1.82, 2.24) is 0 Å². The summed E-state index contributed by atoms with van der Waals surface area (Å²) < 4.78 is 0. The topological polar surface area (TPSA) is 34.1 Å². The zero-order valence-corrected chi connectivity index (χ0v) is 11.8. The van der Waals surface area contributed by atoms with E-state index in [1.165, 1.54) is 0 Å². The van der Waals surface area contributed by atoms with Crippen molar-refractivity contribution in [2.75, 3.05) is 0 Å². The fourth-order valence-corrected chi connectivity index (χ4v) is 2.31. The largest absolute Gasteiger partial charge is 0.295 e. The highest BCUT2D eigenvalue weighted by molar-refractivity contribution is 5.95. The highest BCUT2D eigenvalue weighted by atomic mass is 16.1. The fraction of sp³-hybridized carbons (Fsp3) is 0.222. The Morgan fingerprint density at radius 1 is 0.850 bits per heavy atom. The van der Waals surface area contributed by atoms with Crippen molar-refractivity contribution in [3.63, 3.8) is 0 Å². The molecule has 0 saturated carbocycles. The number of rotatable bonds is 5. The minimum Gasteiger partial charge on any atom is -0.295 e. The Hall–Kier alpha value is -2.22. The van der Waals surface area contributed by atoms with Crippen LogP contribution in [0.5, 0.6) is 0 Å². The minimum absolute atomic E-state index is 0.0796. The smallest absolute Gasteiger partial charge is 0.160 e. The second-order valence-corrected chi connectivity index (χ2v) is 4.97. The molecule has 0 amide bonds. The summed E-state index contributed by atoms with van der Waals surface area (Å²) in [6, 6.07) is 15.4. The molecule has 2 aromatic rings. The SMILES string of the molecule is CC(=O)c1cccc(CCc2ccccc2C(C)=O)c1. The Labute approximate surface area is 119 Å². The van der Waals surface area contributed by atoms with Gasteiger partial charge in [-0.3, -0.25) is 9.59 Å². The lowest BCUT2D eigenvalue weighted by Crippen LogP contribution is -2.01. The van der Waals surface area contributed by atoms with Crippen molar-refractivity contribution in [3.05, 3.63) is 70.8 Å². The van der Waals surface area contributed by atoms with Crippen molar-refractivity contribution in [2.45, 2.75) is 26.7 Å². The van der Waals surface area contributed by atoms with E-state index >= 15 is 0 Å². The van der Waals surface area contributed by atoms with E-state index in [0.29, 0.717) is 0 Å². The molecule has 0 aliphatic rings. The summed E-state index contributed by atoms with van der Waals surface area (Å²) in [5.41, 5.74) is 3.71. The number of carbonyl (C=O) groups is 2. The highest BCUT2D eigenvalue weighted by Gasteiger charge is 2.07. The third-order valence-electron chi connectivity index (χ3n) is 3.41. The normalized spacial score (nSPS) is 10.3. The number of ketones is 2. The number of carbonyl (C=O) groups excluding carboxylic acids is 2. The molecule has 0 heterocycles. The number of hydrogen-bond acceptors (Lipinski definition) is 2. The monoisotopic (exact) mass is 266 g/mol. The van der Waals surface area contributed by atoms with Gasteiger partial charge in [0.15, 0.2) is 11.6 Å². The number of hydrogen-bond donors (Lipinski definition) is 0. The Morgan fingerprint density at radius 2 is 1.60 bits per heavy atom. The molecule has 0 fully saturated rings. The lowest BCUT2D eigenvalue weighted by molar-refractivity contribution is 0.100. The average Bonchev–Trinajstić information content (AvgIpc) is 2.45. The van der Waals surface area contributed by atoms with Gasteiger partial charge in [-0.25, -0.2) is 0 Å². The fourth-order valence-electron chi connectivity index (χ4n) is 2.31. The zero-order valence-electron chi connectivity index (χ0n) is 11.8. The van der Waals surface area contributed by atoms with Crippen molar-refractivity contribution in [2.24, 2.45) is 0 Å².